The maximum Gasteiger partial charge on any atom is -0.0596 e. The zero-order valence-electron chi connectivity index (χ0n) is 5.52. The van der Waals surface area contributed by atoms with Gasteiger partial charge in [-0.1, -0.05) is 32.6 Å². The normalized spacial score (nSPS) is 16.7. The smallest absolute Gasteiger partial charge is 0.0596 e. The fraction of sp³-hybridized carbons (Fsp3) is 1.00. The molecule has 0 aromatic rings. The van der Waals surface area contributed by atoms with Crippen LogP contribution in [0.1, 0.15) is 20.8 Å². The molecule has 0 aliphatic rings. The summed E-state index contributed by atoms with van der Waals surface area (Å²) in [6, 6.07) is 0. The highest BCUT2D eigenvalue weighted by molar-refractivity contribution is 7.82. The third kappa shape index (κ3) is 3.11. The fourth-order valence-electron chi connectivity index (χ4n) is 0. The summed E-state index contributed by atoms with van der Waals surface area (Å²) >= 11 is 0. The Hall–Kier alpha value is 0.495. The zero-order chi connectivity index (χ0) is 6.08. The van der Waals surface area contributed by atoms with E-state index in [1.54, 1.807) is 0 Å². The molecule has 0 spiro atoms. The highest BCUT2D eigenvalue weighted by Crippen LogP contribution is 2.40. The Morgan fingerprint density at radius 3 is 1.43 bits per heavy atom. The number of hydrogen-bond acceptors (Lipinski definition) is 0. The fourth-order valence-corrected chi connectivity index (χ4v) is 0. The molecule has 0 rings (SSSR count). The second-order valence-electron chi connectivity index (χ2n) is 2.78. The lowest BCUT2D eigenvalue weighted by atomic mass is 10.3. The van der Waals surface area contributed by atoms with Crippen LogP contribution in [0, 0.1) is 0 Å². The van der Waals surface area contributed by atoms with Crippen molar-refractivity contribution in [1.82, 2.24) is 0 Å². The summed E-state index contributed by atoms with van der Waals surface area (Å²) in [4.78, 5) is 0. The molecular weight excluding hydrogens is 102 g/mol. The third-order valence-electron chi connectivity index (χ3n) is 1.06. The first-order valence-corrected chi connectivity index (χ1v) is 4.29. The largest absolute Gasteiger partial charge is 0.579 e. The molecule has 0 nitrogen and oxygen atoms in total. The standard InChI is InChI=1S/C5H12BP/c1-5(2,3)7(4)6/h1-4H3/q-1. The maximum absolute atomic E-state index is 5.63. The van der Waals surface area contributed by atoms with Crippen LogP contribution in [0.3, 0.4) is 0 Å². The molecule has 3 radical (unpaired) electrons. The summed E-state index contributed by atoms with van der Waals surface area (Å²) in [7, 11) is 5.39. The Bertz CT molecular complexity index is 53.6. The van der Waals surface area contributed by atoms with Crippen LogP contribution < -0.4 is 0 Å². The van der Waals surface area contributed by atoms with Gasteiger partial charge in [-0.2, -0.15) is 0 Å². The Balaban J connectivity index is 3.54. The monoisotopic (exact) mass is 114 g/mol. The van der Waals surface area contributed by atoms with Crippen LogP contribution >= 0.6 is 7.80 Å². The van der Waals surface area contributed by atoms with E-state index in [1.165, 1.54) is 0 Å². The summed E-state index contributed by atoms with van der Waals surface area (Å²) < 4.78 is 0. The summed E-state index contributed by atoms with van der Waals surface area (Å²) in [5, 5.41) is 0.343. The predicted octanol–water partition coefficient (Wildman–Crippen LogP) is 1.98. The van der Waals surface area contributed by atoms with Crippen LogP contribution in [-0.2, 0) is 0 Å². The molecule has 0 N–H and O–H groups in total. The highest BCUT2D eigenvalue weighted by atomic mass is 31.1. The van der Waals surface area contributed by atoms with Crippen molar-refractivity contribution >= 4 is 15.4 Å². The van der Waals surface area contributed by atoms with E-state index in [2.05, 4.69) is 27.4 Å². The van der Waals surface area contributed by atoms with Crippen molar-refractivity contribution in [3.63, 3.8) is 0 Å². The van der Waals surface area contributed by atoms with Crippen molar-refractivity contribution in [1.29, 1.82) is 0 Å². The Kier molecular flexibility index (Phi) is 2.33. The van der Waals surface area contributed by atoms with E-state index in [0.29, 0.717) is 5.16 Å². The van der Waals surface area contributed by atoms with Crippen LogP contribution in [0.4, 0.5) is 0 Å². The minimum absolute atomic E-state index is 0.242. The summed E-state index contributed by atoms with van der Waals surface area (Å²) in [6.45, 7) is 8.59. The Morgan fingerprint density at radius 1 is 1.29 bits per heavy atom. The maximum atomic E-state index is 5.63. The van der Waals surface area contributed by atoms with E-state index in [9.17, 15) is 0 Å². The van der Waals surface area contributed by atoms with Crippen molar-refractivity contribution in [3.8, 4) is 0 Å². The van der Waals surface area contributed by atoms with Crippen LogP contribution in [-0.4, -0.2) is 19.4 Å². The molecule has 0 heterocycles. The molecule has 1 unspecified atom stereocenters. The van der Waals surface area contributed by atoms with E-state index < -0.39 is 0 Å². The van der Waals surface area contributed by atoms with Crippen LogP contribution in [0.2, 0.25) is 0 Å². The first-order valence-electron chi connectivity index (χ1n) is 2.43. The van der Waals surface area contributed by atoms with Gasteiger partial charge in [0.05, 0.1) is 0 Å². The van der Waals surface area contributed by atoms with Crippen molar-refractivity contribution in [2.24, 2.45) is 0 Å². The minimum Gasteiger partial charge on any atom is -0.579 e. The van der Waals surface area contributed by atoms with Gasteiger partial charge in [-0.25, -0.2) is 0 Å². The van der Waals surface area contributed by atoms with Crippen molar-refractivity contribution < 1.29 is 0 Å². The first kappa shape index (κ1) is 7.49. The number of rotatable bonds is 0. The molecule has 2 heteroatoms. The lowest BCUT2D eigenvalue weighted by Crippen LogP contribution is -2.09. The van der Waals surface area contributed by atoms with Crippen molar-refractivity contribution in [2.45, 2.75) is 25.9 Å². The highest BCUT2D eigenvalue weighted by Gasteiger charge is 2.03. The average molecular weight is 114 g/mol. The van der Waals surface area contributed by atoms with Crippen molar-refractivity contribution in [3.05, 3.63) is 0 Å². The molecule has 0 aromatic heterocycles. The van der Waals surface area contributed by atoms with Crippen LogP contribution in [0.25, 0.3) is 0 Å². The Morgan fingerprint density at radius 2 is 1.43 bits per heavy atom. The molecule has 41 valence electrons. The molecule has 1 atom stereocenters. The topological polar surface area (TPSA) is 0 Å². The molecule has 0 aromatic carbocycles. The van der Waals surface area contributed by atoms with E-state index in [4.69, 9.17) is 7.57 Å². The van der Waals surface area contributed by atoms with Crippen LogP contribution in [0.5, 0.6) is 0 Å². The molecule has 0 fully saturated rings. The van der Waals surface area contributed by atoms with Gasteiger partial charge >= 0.3 is 0 Å². The third-order valence-corrected chi connectivity index (χ3v) is 3.17. The van der Waals surface area contributed by atoms with Gasteiger partial charge in [-0.05, 0) is 0 Å². The lowest BCUT2D eigenvalue weighted by molar-refractivity contribution is 0.794. The molecular formula is C5H12BP-. The molecule has 0 aliphatic heterocycles. The van der Waals surface area contributed by atoms with Gasteiger partial charge in [0.15, 0.2) is 0 Å². The lowest BCUT2D eigenvalue weighted by Gasteiger charge is -2.37. The van der Waals surface area contributed by atoms with Gasteiger partial charge in [0.1, 0.15) is 0 Å². The minimum atomic E-state index is -0.242. The quantitative estimate of drug-likeness (QED) is 0.333. The van der Waals surface area contributed by atoms with Gasteiger partial charge in [-0.15, -0.1) is 0 Å². The average Bonchev–Trinajstić information content (AvgIpc) is 1.31. The molecule has 7 heavy (non-hydrogen) atoms. The van der Waals surface area contributed by atoms with Gasteiger partial charge in [0, 0.05) is 0 Å². The summed E-state index contributed by atoms with van der Waals surface area (Å²) in [5.41, 5.74) is 0. The molecule has 0 saturated heterocycles. The van der Waals surface area contributed by atoms with E-state index >= 15 is 0 Å². The van der Waals surface area contributed by atoms with Gasteiger partial charge in [0.25, 0.3) is 0 Å². The zero-order valence-corrected chi connectivity index (χ0v) is 6.42. The second-order valence-corrected chi connectivity index (χ2v) is 5.35. The second kappa shape index (κ2) is 2.18. The molecule has 0 saturated carbocycles. The first-order chi connectivity index (χ1) is 2.94. The van der Waals surface area contributed by atoms with Gasteiger partial charge in [0.2, 0.25) is 0 Å². The summed E-state index contributed by atoms with van der Waals surface area (Å²) in [5.74, 6) is 0. The van der Waals surface area contributed by atoms with E-state index in [0.717, 1.165) is 0 Å². The van der Waals surface area contributed by atoms with E-state index in [1.807, 2.05) is 0 Å². The number of hydrogen-bond donors (Lipinski definition) is 0. The van der Waals surface area contributed by atoms with Gasteiger partial charge in [-0.3, -0.25) is 0 Å². The van der Waals surface area contributed by atoms with Crippen molar-refractivity contribution in [2.75, 3.05) is 6.66 Å². The SMILES string of the molecule is [B-]P(C)C(C)(C)C. The predicted molar refractivity (Wildman–Crippen MR) is 38.4 cm³/mol. The van der Waals surface area contributed by atoms with Crippen LogP contribution in [0.15, 0.2) is 0 Å². The summed E-state index contributed by atoms with van der Waals surface area (Å²) in [6.07, 6.45) is 0. The molecule has 0 amide bonds. The van der Waals surface area contributed by atoms with E-state index in [-0.39, 0.29) is 7.80 Å². The Labute approximate surface area is 48.8 Å². The molecule has 0 aliphatic carbocycles. The van der Waals surface area contributed by atoms with Gasteiger partial charge < -0.3 is 15.4 Å². The molecule has 0 bridgehead atoms.